The van der Waals surface area contributed by atoms with Crippen LogP contribution in [0.2, 0.25) is 0 Å². The maximum absolute atomic E-state index is 12.6. The number of likely N-dealkylation sites (tertiary alicyclic amines) is 1. The van der Waals surface area contributed by atoms with Crippen molar-refractivity contribution < 1.29 is 14.3 Å². The summed E-state index contributed by atoms with van der Waals surface area (Å²) < 4.78 is 5.13. The second kappa shape index (κ2) is 7.78. The zero-order valence-electron chi connectivity index (χ0n) is 14.5. The van der Waals surface area contributed by atoms with E-state index < -0.39 is 0 Å². The summed E-state index contributed by atoms with van der Waals surface area (Å²) in [5.41, 5.74) is 0.709. The molecule has 25 heavy (non-hydrogen) atoms. The van der Waals surface area contributed by atoms with Crippen LogP contribution < -0.4 is 4.74 Å². The lowest BCUT2D eigenvalue weighted by atomic mass is 9.89. The maximum Gasteiger partial charge on any atom is 0.265 e. The topological polar surface area (TPSA) is 59.5 Å². The first kappa shape index (κ1) is 17.6. The standard InChI is InChI=1S/C19H22N2O3S/c1-3-17-20-12-16(25-17)19(23)21-10-8-14(9-11-21)18(22)13-4-6-15(24-2)7-5-13/h4-7,12,14H,3,8-11H2,1-2H3. The third-order valence-electron chi connectivity index (χ3n) is 4.59. The first-order valence-corrected chi connectivity index (χ1v) is 9.36. The van der Waals surface area contributed by atoms with Crippen LogP contribution >= 0.6 is 11.3 Å². The molecular weight excluding hydrogens is 336 g/mol. The van der Waals surface area contributed by atoms with Gasteiger partial charge in [-0.2, -0.15) is 0 Å². The van der Waals surface area contributed by atoms with Gasteiger partial charge in [0, 0.05) is 24.6 Å². The van der Waals surface area contributed by atoms with Gasteiger partial charge in [0.25, 0.3) is 5.91 Å². The molecule has 2 heterocycles. The zero-order valence-corrected chi connectivity index (χ0v) is 15.3. The van der Waals surface area contributed by atoms with Gasteiger partial charge in [0.15, 0.2) is 5.78 Å². The lowest BCUT2D eigenvalue weighted by Crippen LogP contribution is -2.40. The average molecular weight is 358 g/mol. The summed E-state index contributed by atoms with van der Waals surface area (Å²) in [5.74, 6) is 0.909. The van der Waals surface area contributed by atoms with Gasteiger partial charge < -0.3 is 9.64 Å². The van der Waals surface area contributed by atoms with Crippen molar-refractivity contribution in [3.05, 3.63) is 45.9 Å². The Morgan fingerprint density at radius 2 is 1.92 bits per heavy atom. The van der Waals surface area contributed by atoms with Crippen LogP contribution in [-0.4, -0.2) is 41.8 Å². The molecule has 1 aromatic carbocycles. The summed E-state index contributed by atoms with van der Waals surface area (Å²) in [6.45, 7) is 3.26. The van der Waals surface area contributed by atoms with E-state index in [0.717, 1.165) is 17.2 Å². The number of rotatable bonds is 5. The minimum atomic E-state index is -0.0230. The van der Waals surface area contributed by atoms with Crippen LogP contribution in [0.3, 0.4) is 0 Å². The molecule has 5 nitrogen and oxygen atoms in total. The molecule has 1 saturated heterocycles. The number of nitrogens with zero attached hydrogens (tertiary/aromatic N) is 2. The average Bonchev–Trinajstić information content (AvgIpc) is 3.16. The fourth-order valence-electron chi connectivity index (χ4n) is 3.06. The summed E-state index contributed by atoms with van der Waals surface area (Å²) >= 11 is 1.46. The highest BCUT2D eigenvalue weighted by molar-refractivity contribution is 7.13. The number of Topliss-reactive ketones (excluding diaryl/α,β-unsaturated/α-hetero) is 1. The van der Waals surface area contributed by atoms with E-state index in [-0.39, 0.29) is 17.6 Å². The van der Waals surface area contributed by atoms with Crippen LogP contribution in [0.25, 0.3) is 0 Å². The first-order chi connectivity index (χ1) is 12.1. The summed E-state index contributed by atoms with van der Waals surface area (Å²) in [6.07, 6.45) is 3.92. The number of ether oxygens (including phenoxy) is 1. The molecule has 0 aliphatic carbocycles. The van der Waals surface area contributed by atoms with E-state index in [2.05, 4.69) is 4.98 Å². The quantitative estimate of drug-likeness (QED) is 0.768. The molecule has 132 valence electrons. The molecule has 1 aliphatic heterocycles. The minimum absolute atomic E-state index is 0.0230. The molecule has 1 fully saturated rings. The SMILES string of the molecule is CCc1ncc(C(=O)N2CCC(C(=O)c3ccc(OC)cc3)CC2)s1. The van der Waals surface area contributed by atoms with Crippen LogP contribution in [0.4, 0.5) is 0 Å². The molecule has 0 N–H and O–H groups in total. The van der Waals surface area contributed by atoms with Crippen LogP contribution in [-0.2, 0) is 6.42 Å². The second-order valence-electron chi connectivity index (χ2n) is 6.13. The summed E-state index contributed by atoms with van der Waals surface area (Å²) in [5, 5.41) is 0.980. The Bertz CT molecular complexity index is 746. The predicted molar refractivity (Wildman–Crippen MR) is 97.4 cm³/mol. The van der Waals surface area contributed by atoms with E-state index in [1.165, 1.54) is 11.3 Å². The zero-order chi connectivity index (χ0) is 17.8. The molecule has 1 aromatic heterocycles. The summed E-state index contributed by atoms with van der Waals surface area (Å²) in [6, 6.07) is 7.23. The lowest BCUT2D eigenvalue weighted by molar-refractivity contribution is 0.0654. The van der Waals surface area contributed by atoms with Gasteiger partial charge in [0.2, 0.25) is 0 Å². The van der Waals surface area contributed by atoms with Crippen molar-refractivity contribution in [2.75, 3.05) is 20.2 Å². The van der Waals surface area contributed by atoms with Crippen molar-refractivity contribution in [2.45, 2.75) is 26.2 Å². The third kappa shape index (κ3) is 3.90. The van der Waals surface area contributed by atoms with Gasteiger partial charge in [-0.05, 0) is 43.5 Å². The smallest absolute Gasteiger partial charge is 0.265 e. The lowest BCUT2D eigenvalue weighted by Gasteiger charge is -2.31. The fourth-order valence-corrected chi connectivity index (χ4v) is 3.89. The monoisotopic (exact) mass is 358 g/mol. The Kier molecular flexibility index (Phi) is 5.48. The Balaban J connectivity index is 1.59. The number of carbonyl (C=O) groups excluding carboxylic acids is 2. The van der Waals surface area contributed by atoms with Crippen molar-refractivity contribution in [3.8, 4) is 5.75 Å². The summed E-state index contributed by atoms with van der Waals surface area (Å²) in [4.78, 5) is 32.0. The largest absolute Gasteiger partial charge is 0.497 e. The molecule has 0 saturated carbocycles. The number of amides is 1. The van der Waals surface area contributed by atoms with E-state index >= 15 is 0 Å². The van der Waals surface area contributed by atoms with Crippen molar-refractivity contribution in [1.82, 2.24) is 9.88 Å². The predicted octanol–water partition coefficient (Wildman–Crippen LogP) is 3.45. The molecule has 1 amide bonds. The second-order valence-corrected chi connectivity index (χ2v) is 7.25. The molecule has 0 atom stereocenters. The van der Waals surface area contributed by atoms with Crippen molar-refractivity contribution >= 4 is 23.0 Å². The van der Waals surface area contributed by atoms with Crippen LogP contribution in [0.1, 0.15) is 44.8 Å². The van der Waals surface area contributed by atoms with Gasteiger partial charge in [-0.1, -0.05) is 6.92 Å². The van der Waals surface area contributed by atoms with Gasteiger partial charge in [-0.3, -0.25) is 9.59 Å². The number of aromatic nitrogens is 1. The number of benzene rings is 1. The Hall–Kier alpha value is -2.21. The highest BCUT2D eigenvalue weighted by Crippen LogP contribution is 2.25. The van der Waals surface area contributed by atoms with Crippen LogP contribution in [0, 0.1) is 5.92 Å². The van der Waals surface area contributed by atoms with E-state index in [9.17, 15) is 9.59 Å². The Morgan fingerprint density at radius 1 is 1.24 bits per heavy atom. The molecule has 2 aromatic rings. The van der Waals surface area contributed by atoms with Gasteiger partial charge in [0.05, 0.1) is 18.3 Å². The molecule has 0 bridgehead atoms. The van der Waals surface area contributed by atoms with E-state index in [1.807, 2.05) is 24.0 Å². The number of hydrogen-bond acceptors (Lipinski definition) is 5. The highest BCUT2D eigenvalue weighted by atomic mass is 32.1. The Labute approximate surface area is 151 Å². The molecule has 0 spiro atoms. The minimum Gasteiger partial charge on any atom is -0.497 e. The van der Waals surface area contributed by atoms with E-state index in [0.29, 0.717) is 36.4 Å². The fraction of sp³-hybridized carbons (Fsp3) is 0.421. The van der Waals surface area contributed by atoms with Crippen LogP contribution in [0.5, 0.6) is 5.75 Å². The number of aryl methyl sites for hydroxylation is 1. The Morgan fingerprint density at radius 3 is 2.48 bits per heavy atom. The molecular formula is C19H22N2O3S. The highest BCUT2D eigenvalue weighted by Gasteiger charge is 2.29. The van der Waals surface area contributed by atoms with Crippen molar-refractivity contribution in [1.29, 1.82) is 0 Å². The normalized spacial score (nSPS) is 15.2. The maximum atomic E-state index is 12.6. The first-order valence-electron chi connectivity index (χ1n) is 8.54. The van der Waals surface area contributed by atoms with Gasteiger partial charge in [-0.25, -0.2) is 4.98 Å². The molecule has 1 aliphatic rings. The summed E-state index contributed by atoms with van der Waals surface area (Å²) in [7, 11) is 1.61. The van der Waals surface area contributed by atoms with Crippen molar-refractivity contribution in [3.63, 3.8) is 0 Å². The van der Waals surface area contributed by atoms with E-state index in [1.54, 1.807) is 25.4 Å². The van der Waals surface area contributed by atoms with E-state index in [4.69, 9.17) is 4.74 Å². The molecule has 6 heteroatoms. The number of thiazole rings is 1. The number of piperidine rings is 1. The van der Waals surface area contributed by atoms with Crippen molar-refractivity contribution in [2.24, 2.45) is 5.92 Å². The molecule has 0 radical (unpaired) electrons. The number of ketones is 1. The van der Waals surface area contributed by atoms with Crippen LogP contribution in [0.15, 0.2) is 30.5 Å². The number of carbonyl (C=O) groups is 2. The number of hydrogen-bond donors (Lipinski definition) is 0. The number of methoxy groups -OCH3 is 1. The van der Waals surface area contributed by atoms with Gasteiger partial charge in [0.1, 0.15) is 10.6 Å². The molecule has 0 unspecified atom stereocenters. The third-order valence-corrected chi connectivity index (χ3v) is 5.72. The van der Waals surface area contributed by atoms with Gasteiger partial charge >= 0.3 is 0 Å². The van der Waals surface area contributed by atoms with Gasteiger partial charge in [-0.15, -0.1) is 11.3 Å². The molecule has 3 rings (SSSR count).